The second kappa shape index (κ2) is 4.10. The van der Waals surface area contributed by atoms with E-state index in [1.54, 1.807) is 35.9 Å². The molecule has 0 spiro atoms. The molecule has 0 fully saturated rings. The van der Waals surface area contributed by atoms with Crippen molar-refractivity contribution in [1.29, 1.82) is 5.26 Å². The summed E-state index contributed by atoms with van der Waals surface area (Å²) in [5.41, 5.74) is 1.05. The monoisotopic (exact) mass is 227 g/mol. The van der Waals surface area contributed by atoms with Gasteiger partial charge in [0.15, 0.2) is 0 Å². The maximum absolute atomic E-state index is 10.8. The zero-order valence-corrected chi connectivity index (χ0v) is 9.08. The molecule has 1 N–H and O–H groups in total. The van der Waals surface area contributed by atoms with Crippen molar-refractivity contribution in [3.63, 3.8) is 0 Å². The van der Waals surface area contributed by atoms with Crippen molar-refractivity contribution in [2.75, 3.05) is 0 Å². The molecule has 17 heavy (non-hydrogen) atoms. The Kier molecular flexibility index (Phi) is 2.63. The van der Waals surface area contributed by atoms with Crippen LogP contribution >= 0.6 is 0 Å². The molecule has 5 heteroatoms. The highest BCUT2D eigenvalue weighted by Gasteiger charge is 2.10. The molecule has 0 saturated heterocycles. The first-order valence-electron chi connectivity index (χ1n) is 4.92. The van der Waals surface area contributed by atoms with Crippen molar-refractivity contribution in [2.24, 2.45) is 0 Å². The van der Waals surface area contributed by atoms with Crippen molar-refractivity contribution in [1.82, 2.24) is 9.55 Å². The highest BCUT2D eigenvalue weighted by Crippen LogP contribution is 2.13. The fourth-order valence-corrected chi connectivity index (χ4v) is 1.58. The van der Waals surface area contributed by atoms with Gasteiger partial charge in [-0.3, -0.25) is 4.57 Å². The maximum Gasteiger partial charge on any atom is 0.337 e. The van der Waals surface area contributed by atoms with Gasteiger partial charge in [-0.1, -0.05) is 0 Å². The van der Waals surface area contributed by atoms with E-state index in [-0.39, 0.29) is 5.56 Å². The van der Waals surface area contributed by atoms with Crippen LogP contribution in [0.1, 0.15) is 21.7 Å². The topological polar surface area (TPSA) is 78.9 Å². The third kappa shape index (κ3) is 1.88. The lowest BCUT2D eigenvalue weighted by Crippen LogP contribution is -2.05. The van der Waals surface area contributed by atoms with Crippen LogP contribution in [-0.2, 0) is 0 Å². The number of hydrogen-bond acceptors (Lipinski definition) is 3. The lowest BCUT2D eigenvalue weighted by molar-refractivity contribution is 0.0695. The average molecular weight is 227 g/mol. The number of hydrogen-bond donors (Lipinski definition) is 1. The minimum Gasteiger partial charge on any atom is -0.478 e. The molecule has 5 nitrogen and oxygen atoms in total. The van der Waals surface area contributed by atoms with Gasteiger partial charge in [-0.2, -0.15) is 5.26 Å². The number of nitrogens with zero attached hydrogens (tertiary/aromatic N) is 3. The summed E-state index contributed by atoms with van der Waals surface area (Å²) in [6, 6.07) is 8.51. The molecule has 0 amide bonds. The van der Waals surface area contributed by atoms with E-state index in [2.05, 4.69) is 4.98 Å². The van der Waals surface area contributed by atoms with Crippen molar-refractivity contribution in [2.45, 2.75) is 6.92 Å². The van der Waals surface area contributed by atoms with E-state index in [1.807, 2.05) is 6.07 Å². The zero-order valence-electron chi connectivity index (χ0n) is 9.08. The average Bonchev–Trinajstić information content (AvgIpc) is 2.76. The van der Waals surface area contributed by atoms with Gasteiger partial charge in [0.2, 0.25) is 0 Å². The maximum atomic E-state index is 10.8. The molecule has 0 saturated carbocycles. The fourth-order valence-electron chi connectivity index (χ4n) is 1.58. The standard InChI is InChI=1S/C12H9N3O2/c1-8-10(12(16)17)4-5-11(14-8)15-6-2-3-9(15)7-13/h2-6H,1H3,(H,16,17). The Morgan fingerprint density at radius 1 is 1.47 bits per heavy atom. The third-order valence-electron chi connectivity index (χ3n) is 2.41. The van der Waals surface area contributed by atoms with Crippen LogP contribution < -0.4 is 0 Å². The molecular formula is C12H9N3O2. The Balaban J connectivity index is 2.53. The van der Waals surface area contributed by atoms with Crippen LogP contribution in [0.4, 0.5) is 0 Å². The van der Waals surface area contributed by atoms with E-state index < -0.39 is 5.97 Å². The number of carbonyl (C=O) groups is 1. The molecular weight excluding hydrogens is 218 g/mol. The molecule has 0 atom stereocenters. The van der Waals surface area contributed by atoms with Crippen molar-refractivity contribution in [3.05, 3.63) is 47.4 Å². The van der Waals surface area contributed by atoms with Crippen LogP contribution in [0.25, 0.3) is 5.82 Å². The third-order valence-corrected chi connectivity index (χ3v) is 2.41. The summed E-state index contributed by atoms with van der Waals surface area (Å²) >= 11 is 0. The van der Waals surface area contributed by atoms with Gasteiger partial charge >= 0.3 is 5.97 Å². The molecule has 2 heterocycles. The van der Waals surface area contributed by atoms with Gasteiger partial charge in [0.05, 0.1) is 11.3 Å². The number of nitriles is 1. The van der Waals surface area contributed by atoms with Crippen LogP contribution in [-0.4, -0.2) is 20.6 Å². The molecule has 0 aromatic carbocycles. The first kappa shape index (κ1) is 10.9. The number of aromatic nitrogens is 2. The summed E-state index contributed by atoms with van der Waals surface area (Å²) in [5, 5.41) is 17.8. The lowest BCUT2D eigenvalue weighted by Gasteiger charge is -2.06. The van der Waals surface area contributed by atoms with Crippen LogP contribution in [0.3, 0.4) is 0 Å². The summed E-state index contributed by atoms with van der Waals surface area (Å²) in [5.74, 6) is -0.469. The Hall–Kier alpha value is -2.61. The predicted molar refractivity (Wildman–Crippen MR) is 60.0 cm³/mol. The Bertz CT molecular complexity index is 623. The van der Waals surface area contributed by atoms with Gasteiger partial charge in [0.1, 0.15) is 17.6 Å². The van der Waals surface area contributed by atoms with E-state index in [9.17, 15) is 4.79 Å². The zero-order chi connectivity index (χ0) is 12.4. The van der Waals surface area contributed by atoms with Gasteiger partial charge in [-0.05, 0) is 31.2 Å². The van der Waals surface area contributed by atoms with Crippen molar-refractivity contribution in [3.8, 4) is 11.9 Å². The van der Waals surface area contributed by atoms with Gasteiger partial charge < -0.3 is 5.11 Å². The summed E-state index contributed by atoms with van der Waals surface area (Å²) in [6.45, 7) is 1.63. The molecule has 84 valence electrons. The first-order chi connectivity index (χ1) is 8.13. The van der Waals surface area contributed by atoms with Crippen molar-refractivity contribution < 1.29 is 9.90 Å². The van der Waals surface area contributed by atoms with E-state index in [0.29, 0.717) is 17.2 Å². The van der Waals surface area contributed by atoms with Crippen LogP contribution in [0, 0.1) is 18.3 Å². The summed E-state index contributed by atoms with van der Waals surface area (Å²) < 4.78 is 1.61. The van der Waals surface area contributed by atoms with Gasteiger partial charge in [-0.15, -0.1) is 0 Å². The molecule has 0 aliphatic heterocycles. The van der Waals surface area contributed by atoms with Crippen LogP contribution in [0.5, 0.6) is 0 Å². The molecule has 0 aliphatic rings. The summed E-state index contributed by atoms with van der Waals surface area (Å²) in [6.07, 6.45) is 1.71. The molecule has 0 aliphatic carbocycles. The van der Waals surface area contributed by atoms with Crippen LogP contribution in [0.2, 0.25) is 0 Å². The van der Waals surface area contributed by atoms with Crippen LogP contribution in [0.15, 0.2) is 30.5 Å². The van der Waals surface area contributed by atoms with E-state index in [1.165, 1.54) is 6.07 Å². The predicted octanol–water partition coefficient (Wildman–Crippen LogP) is 1.75. The molecule has 0 radical (unpaired) electrons. The number of rotatable bonds is 2. The normalized spacial score (nSPS) is 9.88. The molecule has 2 aromatic rings. The van der Waals surface area contributed by atoms with E-state index in [0.717, 1.165) is 0 Å². The number of aryl methyl sites for hydroxylation is 1. The van der Waals surface area contributed by atoms with Gasteiger partial charge in [0, 0.05) is 6.20 Å². The molecule has 2 rings (SSSR count). The lowest BCUT2D eigenvalue weighted by atomic mass is 10.2. The number of carboxylic acids is 1. The first-order valence-corrected chi connectivity index (χ1v) is 4.92. The molecule has 0 unspecified atom stereocenters. The highest BCUT2D eigenvalue weighted by molar-refractivity contribution is 5.88. The minimum absolute atomic E-state index is 0.166. The Labute approximate surface area is 97.6 Å². The second-order valence-corrected chi connectivity index (χ2v) is 3.48. The molecule has 0 bridgehead atoms. The number of pyridine rings is 1. The van der Waals surface area contributed by atoms with Gasteiger partial charge in [0.25, 0.3) is 0 Å². The Morgan fingerprint density at radius 3 is 2.82 bits per heavy atom. The van der Waals surface area contributed by atoms with E-state index >= 15 is 0 Å². The Morgan fingerprint density at radius 2 is 2.24 bits per heavy atom. The van der Waals surface area contributed by atoms with Gasteiger partial charge in [-0.25, -0.2) is 9.78 Å². The van der Waals surface area contributed by atoms with Crippen molar-refractivity contribution >= 4 is 5.97 Å². The number of aromatic carboxylic acids is 1. The largest absolute Gasteiger partial charge is 0.478 e. The minimum atomic E-state index is -1.01. The fraction of sp³-hybridized carbons (Fsp3) is 0.0833. The summed E-state index contributed by atoms with van der Waals surface area (Å²) in [7, 11) is 0. The SMILES string of the molecule is Cc1nc(-n2cccc2C#N)ccc1C(=O)O. The molecule has 2 aromatic heterocycles. The smallest absolute Gasteiger partial charge is 0.337 e. The summed E-state index contributed by atoms with van der Waals surface area (Å²) in [4.78, 5) is 15.0. The highest BCUT2D eigenvalue weighted by atomic mass is 16.4. The second-order valence-electron chi connectivity index (χ2n) is 3.48. The quantitative estimate of drug-likeness (QED) is 0.847. The van der Waals surface area contributed by atoms with E-state index in [4.69, 9.17) is 10.4 Å². The number of carboxylic acid groups (broad SMARTS) is 1.